The summed E-state index contributed by atoms with van der Waals surface area (Å²) < 4.78 is 0. The summed E-state index contributed by atoms with van der Waals surface area (Å²) in [6, 6.07) is 3.49. The first-order chi connectivity index (χ1) is 7.61. The summed E-state index contributed by atoms with van der Waals surface area (Å²) in [4.78, 5) is 4.07. The van der Waals surface area contributed by atoms with E-state index in [0.717, 1.165) is 12.1 Å². The molecule has 16 heavy (non-hydrogen) atoms. The van der Waals surface area contributed by atoms with Crippen LogP contribution in [0.15, 0.2) is 18.3 Å². The smallest absolute Gasteiger partial charge is 0.133 e. The Bertz CT molecular complexity index is 298. The molecule has 0 amide bonds. The molecule has 1 aromatic heterocycles. The van der Waals surface area contributed by atoms with E-state index >= 15 is 0 Å². The highest BCUT2D eigenvalue weighted by atomic mass is 16.3. The van der Waals surface area contributed by atoms with Gasteiger partial charge in [0.25, 0.3) is 0 Å². The third-order valence-corrected chi connectivity index (χ3v) is 2.36. The molecule has 1 atom stereocenters. The molecule has 90 valence electrons. The van der Waals surface area contributed by atoms with E-state index in [1.807, 2.05) is 0 Å². The van der Waals surface area contributed by atoms with Crippen molar-refractivity contribution in [3.8, 4) is 5.75 Å². The summed E-state index contributed by atoms with van der Waals surface area (Å²) in [5, 5.41) is 21.5. The number of pyridine rings is 1. The molecule has 0 fully saturated rings. The van der Waals surface area contributed by atoms with Gasteiger partial charge in [-0.15, -0.1) is 0 Å². The Kier molecular flexibility index (Phi) is 5.22. The second kappa shape index (κ2) is 6.45. The molecule has 1 unspecified atom stereocenters. The van der Waals surface area contributed by atoms with Crippen LogP contribution < -0.4 is 5.32 Å². The lowest BCUT2D eigenvalue weighted by atomic mass is 10.0. The quantitative estimate of drug-likeness (QED) is 0.681. The van der Waals surface area contributed by atoms with Crippen molar-refractivity contribution in [3.63, 3.8) is 0 Å². The minimum absolute atomic E-state index is 0.107. The number of aromatic hydroxyl groups is 1. The maximum Gasteiger partial charge on any atom is 0.133 e. The minimum Gasteiger partial charge on any atom is -0.506 e. The number of hydrogen-bond acceptors (Lipinski definition) is 4. The van der Waals surface area contributed by atoms with Crippen molar-refractivity contribution in [2.75, 3.05) is 6.61 Å². The Balaban J connectivity index is 2.40. The van der Waals surface area contributed by atoms with Crippen molar-refractivity contribution < 1.29 is 10.2 Å². The van der Waals surface area contributed by atoms with E-state index in [4.69, 9.17) is 5.11 Å². The number of rotatable bonds is 6. The number of aromatic nitrogens is 1. The predicted molar refractivity (Wildman–Crippen MR) is 63.1 cm³/mol. The van der Waals surface area contributed by atoms with Gasteiger partial charge in [-0.25, -0.2) is 0 Å². The molecule has 0 radical (unpaired) electrons. The molecular weight excluding hydrogens is 204 g/mol. The van der Waals surface area contributed by atoms with Gasteiger partial charge in [0, 0.05) is 12.6 Å². The zero-order chi connectivity index (χ0) is 12.0. The number of hydrogen-bond donors (Lipinski definition) is 3. The van der Waals surface area contributed by atoms with Crippen LogP contribution in [0.5, 0.6) is 5.75 Å². The average molecular weight is 224 g/mol. The third kappa shape index (κ3) is 4.59. The van der Waals surface area contributed by atoms with Gasteiger partial charge in [-0.3, -0.25) is 4.98 Å². The molecule has 4 heteroatoms. The topological polar surface area (TPSA) is 65.4 Å². The van der Waals surface area contributed by atoms with Crippen LogP contribution in [0.1, 0.15) is 26.0 Å². The lowest BCUT2D eigenvalue weighted by molar-refractivity contribution is 0.223. The Labute approximate surface area is 96.3 Å². The van der Waals surface area contributed by atoms with Gasteiger partial charge in [-0.1, -0.05) is 13.8 Å². The standard InChI is InChI=1S/C12H20N2O2/c1-9(2)5-11(8-15)13-6-10-3-4-12(16)7-14-10/h3-4,7,9,11,13,15-16H,5-6,8H2,1-2H3. The van der Waals surface area contributed by atoms with Crippen LogP contribution >= 0.6 is 0 Å². The van der Waals surface area contributed by atoms with E-state index in [2.05, 4.69) is 24.1 Å². The third-order valence-electron chi connectivity index (χ3n) is 2.36. The Morgan fingerprint density at radius 1 is 1.38 bits per heavy atom. The van der Waals surface area contributed by atoms with Gasteiger partial charge in [0.15, 0.2) is 0 Å². The molecule has 1 aromatic rings. The second-order valence-electron chi connectivity index (χ2n) is 4.40. The summed E-state index contributed by atoms with van der Waals surface area (Å²) in [7, 11) is 0. The molecule has 0 aromatic carbocycles. The van der Waals surface area contributed by atoms with Crippen LogP contribution in [0.4, 0.5) is 0 Å². The molecule has 0 bridgehead atoms. The maximum absolute atomic E-state index is 9.17. The first-order valence-corrected chi connectivity index (χ1v) is 5.60. The molecule has 0 aliphatic carbocycles. The van der Waals surface area contributed by atoms with Crippen molar-refractivity contribution in [2.24, 2.45) is 5.92 Å². The highest BCUT2D eigenvalue weighted by Crippen LogP contribution is 2.07. The maximum atomic E-state index is 9.17. The van der Waals surface area contributed by atoms with Crippen molar-refractivity contribution in [1.29, 1.82) is 0 Å². The highest BCUT2D eigenvalue weighted by molar-refractivity contribution is 5.17. The van der Waals surface area contributed by atoms with Gasteiger partial charge in [0.1, 0.15) is 5.75 Å². The van der Waals surface area contributed by atoms with Crippen molar-refractivity contribution in [3.05, 3.63) is 24.0 Å². The molecule has 0 saturated carbocycles. The minimum atomic E-state index is 0.107. The molecular formula is C12H20N2O2. The largest absolute Gasteiger partial charge is 0.506 e. The van der Waals surface area contributed by atoms with Crippen LogP contribution in [0.3, 0.4) is 0 Å². The van der Waals surface area contributed by atoms with Crippen molar-refractivity contribution in [1.82, 2.24) is 10.3 Å². The monoisotopic (exact) mass is 224 g/mol. The molecule has 0 aliphatic heterocycles. The van der Waals surface area contributed by atoms with Gasteiger partial charge >= 0.3 is 0 Å². The predicted octanol–water partition coefficient (Wildman–Crippen LogP) is 1.28. The molecule has 1 rings (SSSR count). The van der Waals surface area contributed by atoms with Gasteiger partial charge < -0.3 is 15.5 Å². The van der Waals surface area contributed by atoms with Gasteiger partial charge in [-0.05, 0) is 24.5 Å². The molecule has 1 heterocycles. The van der Waals surface area contributed by atoms with Crippen molar-refractivity contribution >= 4 is 0 Å². The zero-order valence-electron chi connectivity index (χ0n) is 9.85. The average Bonchev–Trinajstić information content (AvgIpc) is 2.26. The molecule has 3 N–H and O–H groups in total. The Morgan fingerprint density at radius 2 is 2.12 bits per heavy atom. The summed E-state index contributed by atoms with van der Waals surface area (Å²) in [6.07, 6.45) is 2.36. The van der Waals surface area contributed by atoms with Crippen LogP contribution in [0.25, 0.3) is 0 Å². The fourth-order valence-corrected chi connectivity index (χ4v) is 1.56. The van der Waals surface area contributed by atoms with Crippen molar-refractivity contribution in [2.45, 2.75) is 32.9 Å². The van der Waals surface area contributed by atoms with E-state index < -0.39 is 0 Å². The molecule has 4 nitrogen and oxygen atoms in total. The van der Waals surface area contributed by atoms with E-state index in [-0.39, 0.29) is 18.4 Å². The summed E-state index contributed by atoms with van der Waals surface area (Å²) >= 11 is 0. The summed E-state index contributed by atoms with van der Waals surface area (Å²) in [6.45, 7) is 5.00. The highest BCUT2D eigenvalue weighted by Gasteiger charge is 2.09. The zero-order valence-corrected chi connectivity index (χ0v) is 9.85. The van der Waals surface area contributed by atoms with E-state index in [1.165, 1.54) is 6.20 Å². The first-order valence-electron chi connectivity index (χ1n) is 5.60. The Morgan fingerprint density at radius 3 is 2.62 bits per heavy atom. The lowest BCUT2D eigenvalue weighted by Gasteiger charge is -2.17. The number of nitrogens with zero attached hydrogens (tertiary/aromatic N) is 1. The lowest BCUT2D eigenvalue weighted by Crippen LogP contribution is -2.33. The van der Waals surface area contributed by atoms with E-state index in [9.17, 15) is 5.11 Å². The summed E-state index contributed by atoms with van der Waals surface area (Å²) in [5.41, 5.74) is 0.861. The van der Waals surface area contributed by atoms with Crippen LogP contribution in [0, 0.1) is 5.92 Å². The molecule has 0 spiro atoms. The van der Waals surface area contributed by atoms with E-state index in [0.29, 0.717) is 12.5 Å². The van der Waals surface area contributed by atoms with Crippen LogP contribution in [-0.4, -0.2) is 27.8 Å². The van der Waals surface area contributed by atoms with Crippen LogP contribution in [0.2, 0.25) is 0 Å². The number of aliphatic hydroxyl groups excluding tert-OH is 1. The first kappa shape index (κ1) is 12.9. The summed E-state index contributed by atoms with van der Waals surface area (Å²) in [5.74, 6) is 0.724. The van der Waals surface area contributed by atoms with Crippen LogP contribution in [-0.2, 0) is 6.54 Å². The molecule has 0 aliphatic rings. The fraction of sp³-hybridized carbons (Fsp3) is 0.583. The number of nitrogens with one attached hydrogen (secondary N) is 1. The molecule has 0 saturated heterocycles. The fourth-order valence-electron chi connectivity index (χ4n) is 1.56. The van der Waals surface area contributed by atoms with E-state index in [1.54, 1.807) is 12.1 Å². The number of aliphatic hydroxyl groups is 1. The van der Waals surface area contributed by atoms with Gasteiger partial charge in [-0.2, -0.15) is 0 Å². The van der Waals surface area contributed by atoms with Gasteiger partial charge in [0.05, 0.1) is 18.5 Å². The Hall–Kier alpha value is -1.13. The van der Waals surface area contributed by atoms with Gasteiger partial charge in [0.2, 0.25) is 0 Å². The SMILES string of the molecule is CC(C)CC(CO)NCc1ccc(O)cn1. The second-order valence-corrected chi connectivity index (χ2v) is 4.40. The normalized spacial score (nSPS) is 13.0.